The molecule has 1 N–H and O–H groups in total. The molecule has 8 nitrogen and oxygen atoms in total. The van der Waals surface area contributed by atoms with Gasteiger partial charge in [-0.1, -0.05) is 11.6 Å². The Balaban J connectivity index is 2.37. The zero-order valence-corrected chi connectivity index (χ0v) is 16.5. The molecule has 0 unspecified atom stereocenters. The largest absolute Gasteiger partial charge is 0.490 e. The molecule has 28 heavy (non-hydrogen) atoms. The molecule has 2 aromatic carbocycles. The Bertz CT molecular complexity index is 844. The Labute approximate surface area is 167 Å². The second-order valence-electron chi connectivity index (χ2n) is 5.48. The summed E-state index contributed by atoms with van der Waals surface area (Å²) in [5.41, 5.74) is 0.355. The van der Waals surface area contributed by atoms with Crippen LogP contribution in [-0.2, 0) is 0 Å². The first-order chi connectivity index (χ1) is 13.4. The van der Waals surface area contributed by atoms with Crippen molar-refractivity contribution in [2.75, 3.05) is 25.1 Å². The molecule has 0 aromatic heterocycles. The number of nitro groups is 1. The Kier molecular flexibility index (Phi) is 7.45. The van der Waals surface area contributed by atoms with Crippen LogP contribution in [-0.4, -0.2) is 30.7 Å². The van der Waals surface area contributed by atoms with Crippen molar-refractivity contribution in [3.8, 4) is 17.2 Å². The normalized spacial score (nSPS) is 10.3. The van der Waals surface area contributed by atoms with Crippen LogP contribution in [0.15, 0.2) is 30.3 Å². The molecule has 0 aliphatic heterocycles. The van der Waals surface area contributed by atoms with Crippen molar-refractivity contribution in [1.82, 2.24) is 0 Å². The average molecular weight is 409 g/mol. The third-order valence-corrected chi connectivity index (χ3v) is 3.90. The number of halogens is 1. The standard InChI is InChI=1S/C19H21ClN2O6/c1-4-26-16-9-12(10-17(27-5-2)18(16)28-6-3)19(23)21-15-8-7-13(22(24)25)11-14(15)20/h7-11H,4-6H2,1-3H3,(H,21,23). The molecule has 0 atom stereocenters. The molecule has 2 rings (SSSR count). The summed E-state index contributed by atoms with van der Waals surface area (Å²) in [5, 5.41) is 13.5. The van der Waals surface area contributed by atoms with Gasteiger partial charge < -0.3 is 19.5 Å². The first kappa shape index (κ1) is 21.3. The fourth-order valence-electron chi connectivity index (χ4n) is 2.43. The number of nitrogens with one attached hydrogen (secondary N) is 1. The predicted octanol–water partition coefficient (Wildman–Crippen LogP) is 4.70. The number of amides is 1. The highest BCUT2D eigenvalue weighted by Gasteiger charge is 2.19. The van der Waals surface area contributed by atoms with Gasteiger partial charge in [-0.15, -0.1) is 0 Å². The smallest absolute Gasteiger partial charge is 0.271 e. The van der Waals surface area contributed by atoms with Gasteiger partial charge in [0.15, 0.2) is 11.5 Å². The van der Waals surface area contributed by atoms with E-state index in [9.17, 15) is 14.9 Å². The summed E-state index contributed by atoms with van der Waals surface area (Å²) in [6.45, 7) is 6.64. The highest BCUT2D eigenvalue weighted by Crippen LogP contribution is 2.39. The van der Waals surface area contributed by atoms with Gasteiger partial charge in [-0.2, -0.15) is 0 Å². The molecule has 1 amide bonds. The van der Waals surface area contributed by atoms with E-state index in [1.54, 1.807) is 12.1 Å². The molecule has 150 valence electrons. The van der Waals surface area contributed by atoms with E-state index < -0.39 is 10.8 Å². The number of nitro benzene ring substituents is 1. The molecule has 0 aliphatic carbocycles. The Morgan fingerprint density at radius 2 is 1.61 bits per heavy atom. The summed E-state index contributed by atoms with van der Waals surface area (Å²) < 4.78 is 16.8. The van der Waals surface area contributed by atoms with Crippen molar-refractivity contribution in [1.29, 1.82) is 0 Å². The van der Waals surface area contributed by atoms with Crippen LogP contribution >= 0.6 is 11.6 Å². The van der Waals surface area contributed by atoms with Crippen molar-refractivity contribution < 1.29 is 23.9 Å². The molecule has 0 radical (unpaired) electrons. The van der Waals surface area contributed by atoms with Gasteiger partial charge in [-0.3, -0.25) is 14.9 Å². The van der Waals surface area contributed by atoms with Gasteiger partial charge >= 0.3 is 0 Å². The minimum atomic E-state index is -0.563. The van der Waals surface area contributed by atoms with Crippen molar-refractivity contribution in [3.05, 3.63) is 51.0 Å². The van der Waals surface area contributed by atoms with Crippen LogP contribution in [0.4, 0.5) is 11.4 Å². The molecule has 0 bridgehead atoms. The summed E-state index contributed by atoms with van der Waals surface area (Å²) in [7, 11) is 0. The van der Waals surface area contributed by atoms with Gasteiger partial charge in [-0.25, -0.2) is 0 Å². The highest BCUT2D eigenvalue weighted by atomic mass is 35.5. The number of non-ortho nitro benzene ring substituents is 1. The summed E-state index contributed by atoms with van der Waals surface area (Å²) in [4.78, 5) is 23.0. The number of anilines is 1. The van der Waals surface area contributed by atoms with Gasteiger partial charge in [0.1, 0.15) is 0 Å². The SMILES string of the molecule is CCOc1cc(C(=O)Nc2ccc([N+](=O)[O-])cc2Cl)cc(OCC)c1OCC. The minimum absolute atomic E-state index is 0.0588. The van der Waals surface area contributed by atoms with Crippen molar-refractivity contribution in [2.24, 2.45) is 0 Å². The third kappa shape index (κ3) is 5.04. The summed E-state index contributed by atoms with van der Waals surface area (Å²) in [5.74, 6) is 0.724. The molecule has 9 heteroatoms. The number of benzene rings is 2. The highest BCUT2D eigenvalue weighted by molar-refractivity contribution is 6.34. The van der Waals surface area contributed by atoms with Gasteiger partial charge in [0, 0.05) is 17.7 Å². The van der Waals surface area contributed by atoms with Crippen LogP contribution in [0.1, 0.15) is 31.1 Å². The molecule has 0 spiro atoms. The lowest BCUT2D eigenvalue weighted by molar-refractivity contribution is -0.384. The molecule has 0 fully saturated rings. The van der Waals surface area contributed by atoms with E-state index in [1.165, 1.54) is 18.2 Å². The predicted molar refractivity (Wildman–Crippen MR) is 106 cm³/mol. The van der Waals surface area contributed by atoms with E-state index in [0.717, 1.165) is 0 Å². The van der Waals surface area contributed by atoms with E-state index in [2.05, 4.69) is 5.32 Å². The van der Waals surface area contributed by atoms with Crippen LogP contribution in [0.25, 0.3) is 0 Å². The van der Waals surface area contributed by atoms with Crippen LogP contribution in [0, 0.1) is 10.1 Å². The number of nitrogens with zero attached hydrogens (tertiary/aromatic N) is 1. The maximum atomic E-state index is 12.7. The van der Waals surface area contributed by atoms with E-state index >= 15 is 0 Å². The Morgan fingerprint density at radius 3 is 2.07 bits per heavy atom. The number of ether oxygens (including phenoxy) is 3. The Hall–Kier alpha value is -3.00. The number of hydrogen-bond donors (Lipinski definition) is 1. The Morgan fingerprint density at radius 1 is 1.04 bits per heavy atom. The summed E-state index contributed by atoms with van der Waals surface area (Å²) >= 11 is 6.04. The summed E-state index contributed by atoms with van der Waals surface area (Å²) in [6.07, 6.45) is 0. The fourth-order valence-corrected chi connectivity index (χ4v) is 2.66. The molecule has 0 saturated carbocycles. The van der Waals surface area contributed by atoms with Crippen LogP contribution < -0.4 is 19.5 Å². The van der Waals surface area contributed by atoms with E-state index in [1.807, 2.05) is 20.8 Å². The zero-order valence-electron chi connectivity index (χ0n) is 15.8. The lowest BCUT2D eigenvalue weighted by atomic mass is 10.1. The van der Waals surface area contributed by atoms with Crippen LogP contribution in [0.2, 0.25) is 5.02 Å². The quantitative estimate of drug-likeness (QED) is 0.477. The van der Waals surface area contributed by atoms with Gasteiger partial charge in [-0.05, 0) is 39.0 Å². The first-order valence-corrected chi connectivity index (χ1v) is 9.10. The first-order valence-electron chi connectivity index (χ1n) is 8.72. The topological polar surface area (TPSA) is 99.9 Å². The number of rotatable bonds is 9. The average Bonchev–Trinajstić information content (AvgIpc) is 2.65. The molecule has 2 aromatic rings. The minimum Gasteiger partial charge on any atom is -0.490 e. The van der Waals surface area contributed by atoms with E-state index in [4.69, 9.17) is 25.8 Å². The molecule has 0 aliphatic rings. The second kappa shape index (κ2) is 9.80. The van der Waals surface area contributed by atoms with Gasteiger partial charge in [0.25, 0.3) is 11.6 Å². The number of carbonyl (C=O) groups is 1. The van der Waals surface area contributed by atoms with Gasteiger partial charge in [0.05, 0.1) is 35.5 Å². The second-order valence-corrected chi connectivity index (χ2v) is 5.88. The van der Waals surface area contributed by atoms with Crippen molar-refractivity contribution in [3.63, 3.8) is 0 Å². The third-order valence-electron chi connectivity index (χ3n) is 3.58. The number of carbonyl (C=O) groups excluding carboxylic acids is 1. The van der Waals surface area contributed by atoms with Crippen molar-refractivity contribution >= 4 is 28.9 Å². The zero-order chi connectivity index (χ0) is 20.7. The lowest BCUT2D eigenvalue weighted by Gasteiger charge is -2.17. The molecular formula is C19H21ClN2O6. The monoisotopic (exact) mass is 408 g/mol. The van der Waals surface area contributed by atoms with Crippen LogP contribution in [0.3, 0.4) is 0 Å². The van der Waals surface area contributed by atoms with Gasteiger partial charge in [0.2, 0.25) is 5.75 Å². The van der Waals surface area contributed by atoms with Crippen molar-refractivity contribution in [2.45, 2.75) is 20.8 Å². The fraction of sp³-hybridized carbons (Fsp3) is 0.316. The maximum Gasteiger partial charge on any atom is 0.271 e. The lowest BCUT2D eigenvalue weighted by Crippen LogP contribution is -2.13. The van der Waals surface area contributed by atoms with Crippen LogP contribution in [0.5, 0.6) is 17.2 Å². The molecule has 0 heterocycles. The number of hydrogen-bond acceptors (Lipinski definition) is 6. The van der Waals surface area contributed by atoms with E-state index in [-0.39, 0.29) is 22.0 Å². The molecular weight excluding hydrogens is 388 g/mol. The summed E-state index contributed by atoms with van der Waals surface area (Å²) in [6, 6.07) is 6.90. The van der Waals surface area contributed by atoms with E-state index in [0.29, 0.717) is 37.1 Å². The molecule has 0 saturated heterocycles. The maximum absolute atomic E-state index is 12.7.